The molecule has 3 rings (SSSR count). The van der Waals surface area contributed by atoms with Crippen LogP contribution in [0.4, 0.5) is 0 Å². The van der Waals surface area contributed by atoms with E-state index in [4.69, 9.17) is 0 Å². The fraction of sp³-hybridized carbons (Fsp3) is 0.167. The van der Waals surface area contributed by atoms with E-state index >= 15 is 0 Å². The highest BCUT2D eigenvalue weighted by molar-refractivity contribution is 6.06. The first kappa shape index (κ1) is 15.0. The smallest absolute Gasteiger partial charge is 0.189 e. The molecular formula is C18H18N4O. The Balaban J connectivity index is 1.72. The summed E-state index contributed by atoms with van der Waals surface area (Å²) >= 11 is 0. The Bertz CT molecular complexity index is 828. The van der Waals surface area contributed by atoms with E-state index in [0.29, 0.717) is 5.56 Å². The summed E-state index contributed by atoms with van der Waals surface area (Å²) in [6, 6.07) is 10.1. The van der Waals surface area contributed by atoms with Crippen molar-refractivity contribution in [3.8, 4) is 5.69 Å². The maximum absolute atomic E-state index is 12.2. The van der Waals surface area contributed by atoms with Gasteiger partial charge in [-0.15, -0.1) is 0 Å². The van der Waals surface area contributed by atoms with Gasteiger partial charge in [0.2, 0.25) is 0 Å². The highest BCUT2D eigenvalue weighted by atomic mass is 16.1. The molecule has 5 heteroatoms. The Morgan fingerprint density at radius 1 is 1.09 bits per heavy atom. The molecule has 116 valence electrons. The molecule has 5 nitrogen and oxygen atoms in total. The maximum Gasteiger partial charge on any atom is 0.189 e. The monoisotopic (exact) mass is 306 g/mol. The Hall–Kier alpha value is -2.95. The van der Waals surface area contributed by atoms with E-state index in [9.17, 15) is 4.79 Å². The summed E-state index contributed by atoms with van der Waals surface area (Å²) in [5.74, 6) is -0.0654. The van der Waals surface area contributed by atoms with E-state index in [0.717, 1.165) is 11.3 Å². The number of allylic oxidation sites excluding steroid dienone is 1. The Morgan fingerprint density at radius 3 is 2.57 bits per heavy atom. The second-order valence-electron chi connectivity index (χ2n) is 5.55. The van der Waals surface area contributed by atoms with Gasteiger partial charge in [0, 0.05) is 24.0 Å². The fourth-order valence-electron chi connectivity index (χ4n) is 2.16. The molecular weight excluding hydrogens is 288 g/mol. The van der Waals surface area contributed by atoms with Crippen LogP contribution in [0.1, 0.15) is 35.8 Å². The molecule has 23 heavy (non-hydrogen) atoms. The standard InChI is InChI=1S/C18H18N4O/c1-14(2)21-13-16(11-20-21)18(23)9-8-15-10-19-22(12-15)17-6-4-3-5-7-17/h3-14H,1-2H3. The molecule has 0 spiro atoms. The maximum atomic E-state index is 12.2. The lowest BCUT2D eigenvalue weighted by Gasteiger charge is -2.02. The van der Waals surface area contributed by atoms with E-state index in [1.165, 1.54) is 0 Å². The molecule has 0 aliphatic rings. The van der Waals surface area contributed by atoms with E-state index in [-0.39, 0.29) is 11.8 Å². The van der Waals surface area contributed by atoms with Gasteiger partial charge in [-0.2, -0.15) is 10.2 Å². The Labute approximate surface area is 134 Å². The first-order chi connectivity index (χ1) is 11.1. The number of ketones is 1. The molecule has 1 aromatic carbocycles. The van der Waals surface area contributed by atoms with Crippen molar-refractivity contribution in [3.63, 3.8) is 0 Å². The summed E-state index contributed by atoms with van der Waals surface area (Å²) in [6.07, 6.45) is 10.3. The molecule has 0 aliphatic carbocycles. The SMILES string of the molecule is CC(C)n1cc(C(=O)C=Cc2cnn(-c3ccccc3)c2)cn1. The van der Waals surface area contributed by atoms with Gasteiger partial charge in [-0.25, -0.2) is 4.68 Å². The van der Waals surface area contributed by atoms with Crippen molar-refractivity contribution < 1.29 is 4.79 Å². The Kier molecular flexibility index (Phi) is 4.19. The van der Waals surface area contributed by atoms with Gasteiger partial charge in [0.05, 0.1) is 23.6 Å². The molecule has 0 radical (unpaired) electrons. The fourth-order valence-corrected chi connectivity index (χ4v) is 2.16. The van der Waals surface area contributed by atoms with Gasteiger partial charge in [0.25, 0.3) is 0 Å². The molecule has 0 bridgehead atoms. The summed E-state index contributed by atoms with van der Waals surface area (Å²) < 4.78 is 3.55. The minimum atomic E-state index is -0.0654. The highest BCUT2D eigenvalue weighted by Gasteiger charge is 2.07. The van der Waals surface area contributed by atoms with Crippen molar-refractivity contribution in [2.24, 2.45) is 0 Å². The van der Waals surface area contributed by atoms with Gasteiger partial charge in [0.15, 0.2) is 5.78 Å². The number of carbonyl (C=O) groups excluding carboxylic acids is 1. The zero-order chi connectivity index (χ0) is 16.2. The quantitative estimate of drug-likeness (QED) is 0.535. The van der Waals surface area contributed by atoms with Gasteiger partial charge in [-0.3, -0.25) is 9.48 Å². The van der Waals surface area contributed by atoms with Crippen molar-refractivity contribution in [2.45, 2.75) is 19.9 Å². The number of benzene rings is 1. The first-order valence-electron chi connectivity index (χ1n) is 7.50. The zero-order valence-electron chi connectivity index (χ0n) is 13.1. The topological polar surface area (TPSA) is 52.7 Å². The molecule has 0 amide bonds. The van der Waals surface area contributed by atoms with Crippen LogP contribution in [0.2, 0.25) is 0 Å². The molecule has 2 aromatic heterocycles. The largest absolute Gasteiger partial charge is 0.289 e. The lowest BCUT2D eigenvalue weighted by molar-refractivity contribution is 0.104. The normalized spacial score (nSPS) is 11.4. The van der Waals surface area contributed by atoms with Crippen LogP contribution < -0.4 is 0 Å². The van der Waals surface area contributed by atoms with Crippen LogP contribution >= 0.6 is 0 Å². The van der Waals surface area contributed by atoms with Crippen molar-refractivity contribution in [1.29, 1.82) is 0 Å². The van der Waals surface area contributed by atoms with E-state index in [2.05, 4.69) is 10.2 Å². The van der Waals surface area contributed by atoms with Crippen LogP contribution in [0.15, 0.2) is 61.2 Å². The molecule has 0 N–H and O–H groups in total. The highest BCUT2D eigenvalue weighted by Crippen LogP contribution is 2.10. The molecule has 2 heterocycles. The summed E-state index contributed by atoms with van der Waals surface area (Å²) in [6.45, 7) is 4.05. The Morgan fingerprint density at radius 2 is 1.87 bits per heavy atom. The van der Waals surface area contributed by atoms with Crippen molar-refractivity contribution in [1.82, 2.24) is 19.6 Å². The lowest BCUT2D eigenvalue weighted by atomic mass is 10.2. The third-order valence-corrected chi connectivity index (χ3v) is 3.47. The van der Waals surface area contributed by atoms with Gasteiger partial charge in [-0.05, 0) is 38.1 Å². The lowest BCUT2D eigenvalue weighted by Crippen LogP contribution is -2.00. The second kappa shape index (κ2) is 6.44. The first-order valence-corrected chi connectivity index (χ1v) is 7.50. The predicted octanol–water partition coefficient (Wildman–Crippen LogP) is 3.55. The van der Waals surface area contributed by atoms with Crippen molar-refractivity contribution in [3.05, 3.63) is 72.3 Å². The van der Waals surface area contributed by atoms with E-state index < -0.39 is 0 Å². The van der Waals surface area contributed by atoms with Gasteiger partial charge < -0.3 is 0 Å². The summed E-state index contributed by atoms with van der Waals surface area (Å²) in [5.41, 5.74) is 2.44. The van der Waals surface area contributed by atoms with Crippen LogP contribution in [-0.4, -0.2) is 25.3 Å². The number of nitrogens with zero attached hydrogens (tertiary/aromatic N) is 4. The van der Waals surface area contributed by atoms with Gasteiger partial charge >= 0.3 is 0 Å². The minimum absolute atomic E-state index is 0.0654. The number of rotatable bonds is 5. The second-order valence-corrected chi connectivity index (χ2v) is 5.55. The van der Waals surface area contributed by atoms with Gasteiger partial charge in [0.1, 0.15) is 0 Å². The number of para-hydroxylation sites is 1. The van der Waals surface area contributed by atoms with E-state index in [1.807, 2.05) is 50.4 Å². The van der Waals surface area contributed by atoms with Crippen molar-refractivity contribution in [2.75, 3.05) is 0 Å². The van der Waals surface area contributed by atoms with Crippen LogP contribution in [0, 0.1) is 0 Å². The third kappa shape index (κ3) is 3.45. The van der Waals surface area contributed by atoms with Crippen molar-refractivity contribution >= 4 is 11.9 Å². The number of hydrogen-bond donors (Lipinski definition) is 0. The zero-order valence-corrected chi connectivity index (χ0v) is 13.1. The predicted molar refractivity (Wildman–Crippen MR) is 89.5 cm³/mol. The van der Waals surface area contributed by atoms with Gasteiger partial charge in [-0.1, -0.05) is 18.2 Å². The molecule has 0 unspecified atom stereocenters. The molecule has 0 saturated carbocycles. The molecule has 0 saturated heterocycles. The van der Waals surface area contributed by atoms with E-state index in [1.54, 1.807) is 40.1 Å². The summed E-state index contributed by atoms with van der Waals surface area (Å²) in [4.78, 5) is 12.2. The number of carbonyl (C=O) groups is 1. The number of hydrogen-bond acceptors (Lipinski definition) is 3. The van der Waals surface area contributed by atoms with Crippen LogP contribution in [0.25, 0.3) is 11.8 Å². The molecule has 0 fully saturated rings. The molecule has 0 atom stereocenters. The molecule has 0 aliphatic heterocycles. The minimum Gasteiger partial charge on any atom is -0.289 e. The van der Waals surface area contributed by atoms with Crippen LogP contribution in [0.3, 0.4) is 0 Å². The molecule has 3 aromatic rings. The third-order valence-electron chi connectivity index (χ3n) is 3.47. The average molecular weight is 306 g/mol. The average Bonchev–Trinajstić information content (AvgIpc) is 3.23. The summed E-state index contributed by atoms with van der Waals surface area (Å²) in [7, 11) is 0. The summed E-state index contributed by atoms with van der Waals surface area (Å²) in [5, 5.41) is 8.48. The van der Waals surface area contributed by atoms with Crippen LogP contribution in [-0.2, 0) is 0 Å². The number of aromatic nitrogens is 4. The van der Waals surface area contributed by atoms with Crippen LogP contribution in [0.5, 0.6) is 0 Å².